The van der Waals surface area contributed by atoms with Crippen molar-refractivity contribution in [1.82, 2.24) is 9.80 Å². The SMILES string of the molecule is CC(N)CCCC(=O)N1CCN(Cc2cccs2)CC1. The molecule has 112 valence electrons. The molecule has 20 heavy (non-hydrogen) atoms. The Kier molecular flexibility index (Phi) is 6.01. The Balaban J connectivity index is 1.67. The second-order valence-electron chi connectivity index (χ2n) is 5.61. The van der Waals surface area contributed by atoms with E-state index in [4.69, 9.17) is 5.73 Å². The van der Waals surface area contributed by atoms with E-state index in [0.29, 0.717) is 12.3 Å². The van der Waals surface area contributed by atoms with Gasteiger partial charge in [-0.25, -0.2) is 0 Å². The van der Waals surface area contributed by atoms with Gasteiger partial charge in [0.25, 0.3) is 0 Å². The molecule has 1 fully saturated rings. The third-order valence-corrected chi connectivity index (χ3v) is 4.60. The molecule has 2 rings (SSSR count). The van der Waals surface area contributed by atoms with Gasteiger partial charge < -0.3 is 10.6 Å². The summed E-state index contributed by atoms with van der Waals surface area (Å²) in [5.74, 6) is 0.293. The molecule has 1 unspecified atom stereocenters. The Bertz CT molecular complexity index is 397. The van der Waals surface area contributed by atoms with Crippen LogP contribution >= 0.6 is 11.3 Å². The van der Waals surface area contributed by atoms with E-state index in [1.54, 1.807) is 11.3 Å². The molecule has 1 atom stereocenters. The van der Waals surface area contributed by atoms with Crippen LogP contribution in [0.1, 0.15) is 31.1 Å². The molecule has 0 spiro atoms. The van der Waals surface area contributed by atoms with E-state index in [9.17, 15) is 4.79 Å². The van der Waals surface area contributed by atoms with Gasteiger partial charge in [-0.15, -0.1) is 11.3 Å². The predicted octanol–water partition coefficient (Wildman–Crippen LogP) is 1.91. The van der Waals surface area contributed by atoms with Crippen LogP contribution in [-0.2, 0) is 11.3 Å². The molecule has 0 aromatic carbocycles. The molecule has 0 saturated carbocycles. The van der Waals surface area contributed by atoms with E-state index < -0.39 is 0 Å². The van der Waals surface area contributed by atoms with Crippen molar-refractivity contribution in [2.45, 2.75) is 38.8 Å². The lowest BCUT2D eigenvalue weighted by molar-refractivity contribution is -0.133. The first-order chi connectivity index (χ1) is 9.65. The van der Waals surface area contributed by atoms with Gasteiger partial charge in [-0.2, -0.15) is 0 Å². The standard InChI is InChI=1S/C15H25N3OS/c1-13(16)4-2-6-15(19)18-9-7-17(8-10-18)12-14-5-3-11-20-14/h3,5,11,13H,2,4,6-10,12,16H2,1H3. The van der Waals surface area contributed by atoms with Crippen LogP contribution in [0.15, 0.2) is 17.5 Å². The molecule has 0 aliphatic carbocycles. The number of carbonyl (C=O) groups excluding carboxylic acids is 1. The van der Waals surface area contributed by atoms with Crippen LogP contribution in [0.4, 0.5) is 0 Å². The van der Waals surface area contributed by atoms with Crippen LogP contribution in [0.25, 0.3) is 0 Å². The number of nitrogens with zero attached hydrogens (tertiary/aromatic N) is 2. The van der Waals surface area contributed by atoms with E-state index >= 15 is 0 Å². The van der Waals surface area contributed by atoms with E-state index in [0.717, 1.165) is 45.6 Å². The summed E-state index contributed by atoms with van der Waals surface area (Å²) in [6, 6.07) is 4.47. The zero-order valence-corrected chi connectivity index (χ0v) is 13.1. The third-order valence-electron chi connectivity index (χ3n) is 3.73. The van der Waals surface area contributed by atoms with Gasteiger partial charge in [0.05, 0.1) is 0 Å². The lowest BCUT2D eigenvalue weighted by Gasteiger charge is -2.34. The fourth-order valence-corrected chi connectivity index (χ4v) is 3.26. The first-order valence-corrected chi connectivity index (χ1v) is 8.31. The van der Waals surface area contributed by atoms with E-state index in [1.807, 2.05) is 11.8 Å². The lowest BCUT2D eigenvalue weighted by atomic mass is 10.1. The fraction of sp³-hybridized carbons (Fsp3) is 0.667. The summed E-state index contributed by atoms with van der Waals surface area (Å²) in [5, 5.41) is 2.12. The van der Waals surface area contributed by atoms with Crippen molar-refractivity contribution in [2.24, 2.45) is 5.73 Å². The lowest BCUT2D eigenvalue weighted by Crippen LogP contribution is -2.48. The van der Waals surface area contributed by atoms with E-state index in [1.165, 1.54) is 4.88 Å². The van der Waals surface area contributed by atoms with Crippen LogP contribution in [0.5, 0.6) is 0 Å². The molecule has 4 nitrogen and oxygen atoms in total. The molecule has 0 bridgehead atoms. The number of carbonyl (C=O) groups is 1. The van der Waals surface area contributed by atoms with Crippen molar-refractivity contribution in [2.75, 3.05) is 26.2 Å². The van der Waals surface area contributed by atoms with Crippen LogP contribution in [0, 0.1) is 0 Å². The minimum absolute atomic E-state index is 0.199. The summed E-state index contributed by atoms with van der Waals surface area (Å²) >= 11 is 1.80. The highest BCUT2D eigenvalue weighted by molar-refractivity contribution is 7.09. The largest absolute Gasteiger partial charge is 0.340 e. The summed E-state index contributed by atoms with van der Waals surface area (Å²) in [5.41, 5.74) is 5.71. The molecule has 1 saturated heterocycles. The molecule has 1 aliphatic rings. The van der Waals surface area contributed by atoms with Crippen LogP contribution in [0.2, 0.25) is 0 Å². The van der Waals surface area contributed by atoms with Crippen molar-refractivity contribution in [3.63, 3.8) is 0 Å². The molecule has 1 amide bonds. The Hall–Kier alpha value is -0.910. The number of thiophene rings is 1. The van der Waals surface area contributed by atoms with Gasteiger partial charge in [0, 0.05) is 50.1 Å². The van der Waals surface area contributed by atoms with Gasteiger partial charge in [0.2, 0.25) is 5.91 Å². The Morgan fingerprint density at radius 3 is 2.75 bits per heavy atom. The third kappa shape index (κ3) is 4.89. The second-order valence-corrected chi connectivity index (χ2v) is 6.64. The average Bonchev–Trinajstić information content (AvgIpc) is 2.92. The van der Waals surface area contributed by atoms with E-state index in [-0.39, 0.29) is 6.04 Å². The number of amides is 1. The molecule has 1 aromatic rings. The van der Waals surface area contributed by atoms with Crippen LogP contribution in [0.3, 0.4) is 0 Å². The second kappa shape index (κ2) is 7.76. The highest BCUT2D eigenvalue weighted by Crippen LogP contribution is 2.14. The van der Waals surface area contributed by atoms with Crippen LogP contribution in [-0.4, -0.2) is 47.9 Å². The van der Waals surface area contributed by atoms with Crippen molar-refractivity contribution in [3.8, 4) is 0 Å². The maximum atomic E-state index is 12.1. The normalized spacial score (nSPS) is 18.2. The smallest absolute Gasteiger partial charge is 0.222 e. The monoisotopic (exact) mass is 295 g/mol. The van der Waals surface area contributed by atoms with Gasteiger partial charge in [-0.05, 0) is 31.2 Å². The minimum atomic E-state index is 0.199. The van der Waals surface area contributed by atoms with Gasteiger partial charge in [0.1, 0.15) is 0 Å². The van der Waals surface area contributed by atoms with Gasteiger partial charge in [-0.3, -0.25) is 9.69 Å². The number of hydrogen-bond acceptors (Lipinski definition) is 4. The molecule has 5 heteroatoms. The first-order valence-electron chi connectivity index (χ1n) is 7.43. The molecule has 0 radical (unpaired) electrons. The molecule has 1 aliphatic heterocycles. The fourth-order valence-electron chi connectivity index (χ4n) is 2.51. The van der Waals surface area contributed by atoms with Crippen molar-refractivity contribution in [3.05, 3.63) is 22.4 Å². The van der Waals surface area contributed by atoms with Crippen molar-refractivity contribution < 1.29 is 4.79 Å². The minimum Gasteiger partial charge on any atom is -0.340 e. The zero-order chi connectivity index (χ0) is 14.4. The summed E-state index contributed by atoms with van der Waals surface area (Å²) in [6.07, 6.45) is 2.49. The maximum Gasteiger partial charge on any atom is 0.222 e. The van der Waals surface area contributed by atoms with E-state index in [2.05, 4.69) is 22.4 Å². The summed E-state index contributed by atoms with van der Waals surface area (Å²) in [6.45, 7) is 6.71. The Morgan fingerprint density at radius 1 is 1.40 bits per heavy atom. The highest BCUT2D eigenvalue weighted by Gasteiger charge is 2.20. The molecular weight excluding hydrogens is 270 g/mol. The topological polar surface area (TPSA) is 49.6 Å². The van der Waals surface area contributed by atoms with Crippen molar-refractivity contribution in [1.29, 1.82) is 0 Å². The predicted molar refractivity (Wildman–Crippen MR) is 83.7 cm³/mol. The molecule has 2 N–H and O–H groups in total. The molecule has 2 heterocycles. The van der Waals surface area contributed by atoms with Crippen LogP contribution < -0.4 is 5.73 Å². The summed E-state index contributed by atoms with van der Waals surface area (Å²) in [7, 11) is 0. The number of rotatable bonds is 6. The zero-order valence-electron chi connectivity index (χ0n) is 12.3. The number of piperazine rings is 1. The number of nitrogens with two attached hydrogens (primary N) is 1. The summed E-state index contributed by atoms with van der Waals surface area (Å²) in [4.78, 5) is 17.9. The Morgan fingerprint density at radius 2 is 2.15 bits per heavy atom. The first kappa shape index (κ1) is 15.5. The highest BCUT2D eigenvalue weighted by atomic mass is 32.1. The van der Waals surface area contributed by atoms with Gasteiger partial charge in [-0.1, -0.05) is 6.07 Å². The summed E-state index contributed by atoms with van der Waals surface area (Å²) < 4.78 is 0. The maximum absolute atomic E-state index is 12.1. The van der Waals surface area contributed by atoms with Crippen molar-refractivity contribution >= 4 is 17.2 Å². The molecule has 1 aromatic heterocycles. The van der Waals surface area contributed by atoms with Gasteiger partial charge in [0.15, 0.2) is 0 Å². The quantitative estimate of drug-likeness (QED) is 0.872. The Labute approximate surface area is 125 Å². The van der Waals surface area contributed by atoms with Gasteiger partial charge >= 0.3 is 0 Å². The molecular formula is C15H25N3OS. The number of hydrogen-bond donors (Lipinski definition) is 1. The average molecular weight is 295 g/mol.